The number of hydrogen-bond acceptors (Lipinski definition) is 4. The molecule has 0 radical (unpaired) electrons. The molecule has 0 heterocycles. The molecule has 98 valence electrons. The van der Waals surface area contributed by atoms with Crippen molar-refractivity contribution in [2.75, 3.05) is 23.8 Å². The third-order valence-electron chi connectivity index (χ3n) is 3.44. The van der Waals surface area contributed by atoms with Crippen LogP contribution < -0.4 is 10.6 Å². The summed E-state index contributed by atoms with van der Waals surface area (Å²) < 4.78 is 0. The highest BCUT2D eigenvalue weighted by molar-refractivity contribution is 5.90. The van der Waals surface area contributed by atoms with Crippen LogP contribution in [-0.4, -0.2) is 35.4 Å². The van der Waals surface area contributed by atoms with Gasteiger partial charge in [-0.1, -0.05) is 0 Å². The van der Waals surface area contributed by atoms with Gasteiger partial charge in [-0.2, -0.15) is 0 Å². The van der Waals surface area contributed by atoms with Gasteiger partial charge in [0.1, 0.15) is 0 Å². The van der Waals surface area contributed by atoms with Crippen molar-refractivity contribution in [1.82, 2.24) is 0 Å². The number of carboxylic acid groups (broad SMARTS) is 1. The minimum atomic E-state index is -0.964. The Morgan fingerprint density at radius 2 is 2.17 bits per heavy atom. The number of hydrogen-bond donors (Lipinski definition) is 3. The van der Waals surface area contributed by atoms with E-state index in [0.717, 1.165) is 12.8 Å². The van der Waals surface area contributed by atoms with Crippen LogP contribution in [0.4, 0.5) is 11.4 Å². The number of carboxylic acids is 1. The lowest BCUT2D eigenvalue weighted by Gasteiger charge is -2.39. The van der Waals surface area contributed by atoms with E-state index in [1.807, 2.05) is 4.90 Å². The Bertz CT molecular complexity index is 444. The van der Waals surface area contributed by atoms with Crippen molar-refractivity contribution in [3.63, 3.8) is 0 Å². The summed E-state index contributed by atoms with van der Waals surface area (Å²) in [6.45, 7) is 0.519. The standard InChI is InChI=1S/C13H18N2O3/c14-11-5-4-9(13(17)18)8-12(11)15(6-7-16)10-2-1-3-10/h4-5,8,10,16H,1-3,6-7,14H2,(H,17,18). The predicted molar refractivity (Wildman–Crippen MR) is 69.9 cm³/mol. The molecule has 0 atom stereocenters. The highest BCUT2D eigenvalue weighted by Crippen LogP contribution is 2.33. The molecular formula is C13H18N2O3. The molecule has 0 spiro atoms. The van der Waals surface area contributed by atoms with Gasteiger partial charge in [-0.3, -0.25) is 0 Å². The maximum Gasteiger partial charge on any atom is 0.335 e. The molecule has 1 aliphatic carbocycles. The predicted octanol–water partition coefficient (Wildman–Crippen LogP) is 1.32. The molecule has 18 heavy (non-hydrogen) atoms. The summed E-state index contributed by atoms with van der Waals surface area (Å²) in [5, 5.41) is 18.1. The van der Waals surface area contributed by atoms with Crippen LogP contribution in [0, 0.1) is 0 Å². The number of carbonyl (C=O) groups is 1. The molecule has 4 N–H and O–H groups in total. The Kier molecular flexibility index (Phi) is 3.72. The van der Waals surface area contributed by atoms with Crippen molar-refractivity contribution in [1.29, 1.82) is 0 Å². The van der Waals surface area contributed by atoms with Crippen LogP contribution in [0.2, 0.25) is 0 Å². The molecule has 1 aliphatic rings. The van der Waals surface area contributed by atoms with Gasteiger partial charge in [0.15, 0.2) is 0 Å². The number of aliphatic hydroxyl groups is 1. The molecule has 5 nitrogen and oxygen atoms in total. The van der Waals surface area contributed by atoms with Crippen LogP contribution >= 0.6 is 0 Å². The van der Waals surface area contributed by atoms with Crippen molar-refractivity contribution in [2.45, 2.75) is 25.3 Å². The zero-order chi connectivity index (χ0) is 13.1. The average molecular weight is 250 g/mol. The minimum Gasteiger partial charge on any atom is -0.478 e. The number of aromatic carboxylic acids is 1. The van der Waals surface area contributed by atoms with Crippen molar-refractivity contribution in [2.24, 2.45) is 0 Å². The van der Waals surface area contributed by atoms with Crippen LogP contribution in [0.3, 0.4) is 0 Å². The molecule has 1 fully saturated rings. The van der Waals surface area contributed by atoms with E-state index in [0.29, 0.717) is 24.0 Å². The van der Waals surface area contributed by atoms with E-state index < -0.39 is 5.97 Å². The number of nitrogens with two attached hydrogens (primary N) is 1. The Morgan fingerprint density at radius 3 is 2.67 bits per heavy atom. The quantitative estimate of drug-likeness (QED) is 0.686. The highest BCUT2D eigenvalue weighted by Gasteiger charge is 2.26. The van der Waals surface area contributed by atoms with Gasteiger partial charge in [0, 0.05) is 12.6 Å². The largest absolute Gasteiger partial charge is 0.478 e. The van der Waals surface area contributed by atoms with Gasteiger partial charge in [0.25, 0.3) is 0 Å². The number of nitrogens with zero attached hydrogens (tertiary/aromatic N) is 1. The molecule has 0 unspecified atom stereocenters. The lowest BCUT2D eigenvalue weighted by Crippen LogP contribution is -2.42. The topological polar surface area (TPSA) is 86.8 Å². The molecule has 1 aromatic rings. The summed E-state index contributed by atoms with van der Waals surface area (Å²) in [7, 11) is 0. The van der Waals surface area contributed by atoms with Gasteiger partial charge >= 0.3 is 5.97 Å². The maximum absolute atomic E-state index is 11.0. The number of anilines is 2. The van der Waals surface area contributed by atoms with E-state index in [1.165, 1.54) is 12.5 Å². The normalized spacial score (nSPS) is 15.2. The number of nitrogen functional groups attached to an aromatic ring is 1. The van der Waals surface area contributed by atoms with Crippen molar-refractivity contribution >= 4 is 17.3 Å². The van der Waals surface area contributed by atoms with Crippen molar-refractivity contribution in [3.8, 4) is 0 Å². The Morgan fingerprint density at radius 1 is 1.44 bits per heavy atom. The fourth-order valence-electron chi connectivity index (χ4n) is 2.23. The van der Waals surface area contributed by atoms with Crippen molar-refractivity contribution in [3.05, 3.63) is 23.8 Å². The second-order valence-corrected chi connectivity index (χ2v) is 4.58. The molecule has 5 heteroatoms. The number of aliphatic hydroxyl groups excluding tert-OH is 1. The first-order valence-corrected chi connectivity index (χ1v) is 6.14. The van der Waals surface area contributed by atoms with Gasteiger partial charge in [-0.25, -0.2) is 4.79 Å². The molecular weight excluding hydrogens is 232 g/mol. The zero-order valence-corrected chi connectivity index (χ0v) is 10.2. The SMILES string of the molecule is Nc1ccc(C(=O)O)cc1N(CCO)C1CCC1. The highest BCUT2D eigenvalue weighted by atomic mass is 16.4. The smallest absolute Gasteiger partial charge is 0.335 e. The molecule has 2 rings (SSSR count). The molecule has 0 bridgehead atoms. The van der Waals surface area contributed by atoms with Crippen LogP contribution in [0.1, 0.15) is 29.6 Å². The lowest BCUT2D eigenvalue weighted by atomic mass is 9.90. The molecule has 0 aromatic heterocycles. The molecule has 0 aliphatic heterocycles. The van der Waals surface area contributed by atoms with Gasteiger partial charge in [0.2, 0.25) is 0 Å². The third-order valence-corrected chi connectivity index (χ3v) is 3.44. The van der Waals surface area contributed by atoms with E-state index in [4.69, 9.17) is 15.9 Å². The van der Waals surface area contributed by atoms with E-state index in [2.05, 4.69) is 0 Å². The second kappa shape index (κ2) is 5.27. The molecule has 1 saturated carbocycles. The third kappa shape index (κ3) is 2.41. The first-order chi connectivity index (χ1) is 8.63. The summed E-state index contributed by atoms with van der Waals surface area (Å²) in [5.41, 5.74) is 7.42. The lowest BCUT2D eigenvalue weighted by molar-refractivity contribution is 0.0697. The minimum absolute atomic E-state index is 0.0350. The first kappa shape index (κ1) is 12.7. The Hall–Kier alpha value is -1.75. The van der Waals surface area contributed by atoms with Crippen LogP contribution in [0.15, 0.2) is 18.2 Å². The summed E-state index contributed by atoms with van der Waals surface area (Å²) >= 11 is 0. The number of rotatable bonds is 5. The zero-order valence-electron chi connectivity index (χ0n) is 10.2. The fourth-order valence-corrected chi connectivity index (χ4v) is 2.23. The molecule has 0 saturated heterocycles. The Balaban J connectivity index is 2.32. The first-order valence-electron chi connectivity index (χ1n) is 6.14. The second-order valence-electron chi connectivity index (χ2n) is 4.58. The van der Waals surface area contributed by atoms with E-state index >= 15 is 0 Å². The van der Waals surface area contributed by atoms with Gasteiger partial charge in [-0.15, -0.1) is 0 Å². The fraction of sp³-hybridized carbons (Fsp3) is 0.462. The van der Waals surface area contributed by atoms with Gasteiger partial charge < -0.3 is 20.8 Å². The van der Waals surface area contributed by atoms with Gasteiger partial charge in [0.05, 0.1) is 23.5 Å². The van der Waals surface area contributed by atoms with Gasteiger partial charge in [-0.05, 0) is 37.5 Å². The maximum atomic E-state index is 11.0. The summed E-state index contributed by atoms with van der Waals surface area (Å²) in [4.78, 5) is 13.0. The average Bonchev–Trinajstić information content (AvgIpc) is 2.26. The summed E-state index contributed by atoms with van der Waals surface area (Å²) in [5.74, 6) is -0.964. The summed E-state index contributed by atoms with van der Waals surface area (Å²) in [6, 6.07) is 5.07. The van der Waals surface area contributed by atoms with Crippen LogP contribution in [-0.2, 0) is 0 Å². The van der Waals surface area contributed by atoms with E-state index in [1.54, 1.807) is 12.1 Å². The monoisotopic (exact) mass is 250 g/mol. The molecule has 0 amide bonds. The van der Waals surface area contributed by atoms with E-state index in [9.17, 15) is 4.79 Å². The summed E-state index contributed by atoms with van der Waals surface area (Å²) in [6.07, 6.45) is 3.30. The van der Waals surface area contributed by atoms with E-state index in [-0.39, 0.29) is 12.2 Å². The molecule has 1 aromatic carbocycles. The van der Waals surface area contributed by atoms with Crippen LogP contribution in [0.5, 0.6) is 0 Å². The number of benzene rings is 1. The van der Waals surface area contributed by atoms with Crippen LogP contribution in [0.25, 0.3) is 0 Å². The van der Waals surface area contributed by atoms with Crippen molar-refractivity contribution < 1.29 is 15.0 Å². The Labute approximate surface area is 106 Å².